The minimum atomic E-state index is -1.02. The van der Waals surface area contributed by atoms with Crippen LogP contribution in [-0.4, -0.2) is 33.5 Å². The minimum Gasteiger partial charge on any atom is -0.505 e. The molecule has 172 valence electrons. The number of hydrazone groups is 2. The van der Waals surface area contributed by atoms with Gasteiger partial charge in [0.2, 0.25) is 0 Å². The zero-order valence-corrected chi connectivity index (χ0v) is 19.4. The number of anilines is 2. The van der Waals surface area contributed by atoms with Gasteiger partial charge in [0.1, 0.15) is 10.6 Å². The largest absolute Gasteiger partial charge is 0.505 e. The Labute approximate surface area is 199 Å². The van der Waals surface area contributed by atoms with Crippen molar-refractivity contribution >= 4 is 46.0 Å². The second kappa shape index (κ2) is 8.42. The van der Waals surface area contributed by atoms with Crippen LogP contribution in [0.2, 0.25) is 0 Å². The van der Waals surface area contributed by atoms with Crippen LogP contribution in [0.1, 0.15) is 39.7 Å². The topological polar surface area (TPSA) is 115 Å². The molecule has 3 aromatic rings. The van der Waals surface area contributed by atoms with Crippen LogP contribution in [0.3, 0.4) is 0 Å². The number of hydrogen-bond donors (Lipinski definition) is 3. The van der Waals surface area contributed by atoms with Gasteiger partial charge < -0.3 is 10.2 Å². The van der Waals surface area contributed by atoms with Crippen LogP contribution in [0.15, 0.2) is 52.7 Å². The first-order valence-electron chi connectivity index (χ1n) is 10.8. The van der Waals surface area contributed by atoms with Crippen LogP contribution in [0.25, 0.3) is 10.4 Å². The summed E-state index contributed by atoms with van der Waals surface area (Å²) in [6.45, 7) is 3.57. The van der Waals surface area contributed by atoms with Gasteiger partial charge in [0.05, 0.1) is 17.1 Å². The predicted molar refractivity (Wildman–Crippen MR) is 133 cm³/mol. The average Bonchev–Trinajstić information content (AvgIpc) is 3.53. The fourth-order valence-corrected chi connectivity index (χ4v) is 5.12. The summed E-state index contributed by atoms with van der Waals surface area (Å²) in [6.07, 6.45) is 3.19. The van der Waals surface area contributed by atoms with Crippen molar-refractivity contribution in [1.29, 1.82) is 0 Å². The quantitative estimate of drug-likeness (QED) is 0.363. The molecule has 0 fully saturated rings. The van der Waals surface area contributed by atoms with Gasteiger partial charge in [-0.15, -0.1) is 11.3 Å². The standard InChI is InChI=1S/C25H22N4O4S/c1-13-10-18(20-8-9-21(34-20)25(32)33)23(30)19(11-13)26-27-22-14(2)28-29(24(22)31)17-7-6-15-4-3-5-16(15)12-17/h6-12,26,30H,3-5H2,1-2H3,(H,32,33)/b27-22-. The maximum absolute atomic E-state index is 13.1. The molecule has 0 radical (unpaired) electrons. The second-order valence-corrected chi connectivity index (χ2v) is 9.44. The van der Waals surface area contributed by atoms with Gasteiger partial charge >= 0.3 is 11.9 Å². The molecule has 0 atom stereocenters. The second-order valence-electron chi connectivity index (χ2n) is 8.36. The molecule has 0 unspecified atom stereocenters. The molecule has 2 aliphatic rings. The molecule has 1 aliphatic carbocycles. The Kier molecular flexibility index (Phi) is 5.41. The number of fused-ring (bicyclic) bond motifs is 1. The zero-order chi connectivity index (χ0) is 24.0. The molecule has 34 heavy (non-hydrogen) atoms. The van der Waals surface area contributed by atoms with E-state index in [0.29, 0.717) is 27.5 Å². The monoisotopic (exact) mass is 474 g/mol. The number of amides is 1. The molecule has 0 spiro atoms. The van der Waals surface area contributed by atoms with Crippen molar-refractivity contribution in [3.05, 3.63) is 64.0 Å². The first-order chi connectivity index (χ1) is 16.3. The number of aromatic carboxylic acids is 1. The van der Waals surface area contributed by atoms with Crippen LogP contribution in [0.4, 0.5) is 11.4 Å². The summed E-state index contributed by atoms with van der Waals surface area (Å²) in [5, 5.41) is 30.1. The lowest BCUT2D eigenvalue weighted by Crippen LogP contribution is -2.28. The van der Waals surface area contributed by atoms with E-state index in [0.717, 1.165) is 36.2 Å². The number of phenolic OH excluding ortho intramolecular Hbond substituents is 1. The fraction of sp³-hybridized carbons (Fsp3) is 0.200. The van der Waals surface area contributed by atoms with Crippen molar-refractivity contribution in [1.82, 2.24) is 0 Å². The summed E-state index contributed by atoms with van der Waals surface area (Å²) >= 11 is 1.07. The third-order valence-corrected chi connectivity index (χ3v) is 7.05. The molecule has 0 saturated heterocycles. The summed E-state index contributed by atoms with van der Waals surface area (Å²) < 4.78 is 0. The maximum atomic E-state index is 13.1. The van der Waals surface area contributed by atoms with E-state index in [1.165, 1.54) is 22.2 Å². The minimum absolute atomic E-state index is 0.0794. The molecule has 8 nitrogen and oxygen atoms in total. The Bertz CT molecular complexity index is 1410. The number of carboxylic acids is 1. The van der Waals surface area contributed by atoms with Crippen molar-refractivity contribution in [3.8, 4) is 16.2 Å². The lowest BCUT2D eigenvalue weighted by molar-refractivity contribution is -0.112. The van der Waals surface area contributed by atoms with E-state index in [1.54, 1.807) is 25.1 Å². The Morgan fingerprint density at radius 3 is 2.68 bits per heavy atom. The molecule has 9 heteroatoms. The number of nitrogens with zero attached hydrogens (tertiary/aromatic N) is 3. The number of phenols is 1. The fourth-order valence-electron chi connectivity index (χ4n) is 4.26. The highest BCUT2D eigenvalue weighted by Crippen LogP contribution is 2.40. The first-order valence-corrected chi connectivity index (χ1v) is 11.7. The number of carboxylic acid groups (broad SMARTS) is 1. The van der Waals surface area contributed by atoms with Crippen molar-refractivity contribution in [2.24, 2.45) is 10.2 Å². The number of benzene rings is 2. The van der Waals surface area contributed by atoms with E-state index in [-0.39, 0.29) is 22.2 Å². The van der Waals surface area contributed by atoms with Gasteiger partial charge in [-0.25, -0.2) is 4.79 Å². The van der Waals surface area contributed by atoms with E-state index in [2.05, 4.69) is 21.7 Å². The SMILES string of the molecule is CC1=NN(c2ccc3c(c2)CCC3)C(=O)/C1=N\Nc1cc(C)cc(-c2ccc(C(=O)O)s2)c1O. The number of aryl methyl sites for hydroxylation is 3. The van der Waals surface area contributed by atoms with Crippen LogP contribution < -0.4 is 10.4 Å². The highest BCUT2D eigenvalue weighted by molar-refractivity contribution is 7.17. The molecule has 5 rings (SSSR count). The van der Waals surface area contributed by atoms with Crippen molar-refractivity contribution in [3.63, 3.8) is 0 Å². The molecule has 2 aromatic carbocycles. The number of carbonyl (C=O) groups is 2. The van der Waals surface area contributed by atoms with E-state index in [1.807, 2.05) is 19.1 Å². The summed E-state index contributed by atoms with van der Waals surface area (Å²) in [6, 6.07) is 12.6. The molecule has 1 amide bonds. The summed E-state index contributed by atoms with van der Waals surface area (Å²) in [5.74, 6) is -1.44. The third kappa shape index (κ3) is 3.84. The van der Waals surface area contributed by atoms with Gasteiger partial charge in [0.15, 0.2) is 5.71 Å². The Morgan fingerprint density at radius 1 is 1.12 bits per heavy atom. The normalized spacial score (nSPS) is 16.2. The van der Waals surface area contributed by atoms with Gasteiger partial charge in [-0.05, 0) is 86.2 Å². The Hall–Kier alpha value is -3.98. The average molecular weight is 475 g/mol. The van der Waals surface area contributed by atoms with Crippen molar-refractivity contribution < 1.29 is 19.8 Å². The van der Waals surface area contributed by atoms with Gasteiger partial charge in [-0.3, -0.25) is 10.2 Å². The number of thiophene rings is 1. The van der Waals surface area contributed by atoms with Crippen LogP contribution >= 0.6 is 11.3 Å². The van der Waals surface area contributed by atoms with E-state index in [9.17, 15) is 19.8 Å². The lowest BCUT2D eigenvalue weighted by atomic mass is 10.1. The van der Waals surface area contributed by atoms with E-state index < -0.39 is 5.97 Å². The van der Waals surface area contributed by atoms with E-state index in [4.69, 9.17) is 0 Å². The van der Waals surface area contributed by atoms with Gasteiger partial charge in [0, 0.05) is 10.4 Å². The highest BCUT2D eigenvalue weighted by atomic mass is 32.1. The molecule has 3 N–H and O–H groups in total. The Morgan fingerprint density at radius 2 is 1.91 bits per heavy atom. The summed E-state index contributed by atoms with van der Waals surface area (Å²) in [4.78, 5) is 25.1. The smallest absolute Gasteiger partial charge is 0.345 e. The molecule has 0 bridgehead atoms. The van der Waals surface area contributed by atoms with Gasteiger partial charge in [-0.1, -0.05) is 6.07 Å². The Balaban J connectivity index is 1.42. The first kappa shape index (κ1) is 21.8. The van der Waals surface area contributed by atoms with Gasteiger partial charge in [0.25, 0.3) is 0 Å². The molecule has 2 heterocycles. The zero-order valence-electron chi connectivity index (χ0n) is 18.6. The highest BCUT2D eigenvalue weighted by Gasteiger charge is 2.31. The van der Waals surface area contributed by atoms with Crippen LogP contribution in [0, 0.1) is 6.92 Å². The maximum Gasteiger partial charge on any atom is 0.345 e. The van der Waals surface area contributed by atoms with E-state index >= 15 is 0 Å². The number of nitrogens with one attached hydrogen (secondary N) is 1. The van der Waals surface area contributed by atoms with Crippen molar-refractivity contribution in [2.45, 2.75) is 33.1 Å². The lowest BCUT2D eigenvalue weighted by Gasteiger charge is -2.13. The number of rotatable bonds is 5. The number of hydrogen-bond acceptors (Lipinski definition) is 7. The molecule has 1 aromatic heterocycles. The van der Waals surface area contributed by atoms with Gasteiger partial charge in [-0.2, -0.15) is 15.2 Å². The summed E-state index contributed by atoms with van der Waals surface area (Å²) in [7, 11) is 0. The third-order valence-electron chi connectivity index (χ3n) is 5.94. The summed E-state index contributed by atoms with van der Waals surface area (Å²) in [5.41, 5.74) is 8.35. The van der Waals surface area contributed by atoms with Crippen LogP contribution in [-0.2, 0) is 17.6 Å². The van der Waals surface area contributed by atoms with Crippen LogP contribution in [0.5, 0.6) is 5.75 Å². The number of carbonyl (C=O) groups excluding carboxylic acids is 1. The molecule has 1 aliphatic heterocycles. The van der Waals surface area contributed by atoms with Crippen molar-refractivity contribution in [2.75, 3.05) is 10.4 Å². The molecular formula is C25H22N4O4S. The predicted octanol–water partition coefficient (Wildman–Crippen LogP) is 4.81. The molecular weight excluding hydrogens is 452 g/mol. The molecule has 0 saturated carbocycles. The number of aromatic hydroxyl groups is 1.